The summed E-state index contributed by atoms with van der Waals surface area (Å²) in [4.78, 5) is 8.71. The van der Waals surface area contributed by atoms with Gasteiger partial charge >= 0.3 is 0 Å². The van der Waals surface area contributed by atoms with Crippen molar-refractivity contribution in [3.63, 3.8) is 0 Å². The fourth-order valence-electron chi connectivity index (χ4n) is 2.76. The Bertz CT molecular complexity index is 592. The highest BCUT2D eigenvalue weighted by Gasteiger charge is 2.19. The maximum atomic E-state index is 13.8. The second-order valence-corrected chi connectivity index (χ2v) is 6.02. The summed E-state index contributed by atoms with van der Waals surface area (Å²) in [6.07, 6.45) is 3.65. The summed E-state index contributed by atoms with van der Waals surface area (Å²) in [5, 5.41) is 0.513. The van der Waals surface area contributed by atoms with E-state index in [1.807, 2.05) is 24.5 Å². The summed E-state index contributed by atoms with van der Waals surface area (Å²) in [6.45, 7) is 5.33. The van der Waals surface area contributed by atoms with E-state index in [2.05, 4.69) is 14.8 Å². The van der Waals surface area contributed by atoms with Gasteiger partial charge in [0.1, 0.15) is 5.82 Å². The van der Waals surface area contributed by atoms with Gasteiger partial charge in [-0.1, -0.05) is 17.7 Å². The Kier molecular flexibility index (Phi) is 5.03. The van der Waals surface area contributed by atoms with E-state index in [1.54, 1.807) is 12.1 Å². The molecule has 1 aliphatic rings. The number of benzene rings is 1. The minimum Gasteiger partial charge on any atom is -0.297 e. The molecule has 0 unspecified atom stereocenters. The topological polar surface area (TPSA) is 19.4 Å². The van der Waals surface area contributed by atoms with Crippen LogP contribution >= 0.6 is 11.6 Å². The van der Waals surface area contributed by atoms with Crippen molar-refractivity contribution in [2.24, 2.45) is 0 Å². The van der Waals surface area contributed by atoms with Crippen molar-refractivity contribution in [3.8, 4) is 0 Å². The third-order valence-electron chi connectivity index (χ3n) is 4.06. The van der Waals surface area contributed by atoms with Crippen LogP contribution in [0.25, 0.3) is 0 Å². The predicted octanol–water partition coefficient (Wildman–Crippen LogP) is 3.19. The standard InChI is InChI=1S/C17H19ClFN3/c18-16-2-1-3-17(19)15(16)13-22-10-8-21(9-11-22)12-14-4-6-20-7-5-14/h1-7H,8-13H2. The summed E-state index contributed by atoms with van der Waals surface area (Å²) in [5.74, 6) is -0.216. The SMILES string of the molecule is Fc1cccc(Cl)c1CN1CCN(Cc2ccncc2)CC1. The molecule has 0 saturated carbocycles. The van der Waals surface area contributed by atoms with Crippen LogP contribution in [0, 0.1) is 5.82 Å². The summed E-state index contributed by atoms with van der Waals surface area (Å²) >= 11 is 6.10. The van der Waals surface area contributed by atoms with Gasteiger partial charge in [0, 0.05) is 62.2 Å². The van der Waals surface area contributed by atoms with Crippen molar-refractivity contribution in [1.29, 1.82) is 0 Å². The summed E-state index contributed by atoms with van der Waals surface area (Å²) in [5.41, 5.74) is 1.88. The molecule has 116 valence electrons. The number of hydrogen-bond donors (Lipinski definition) is 0. The van der Waals surface area contributed by atoms with E-state index in [9.17, 15) is 4.39 Å². The molecule has 2 aromatic rings. The molecule has 3 rings (SSSR count). The summed E-state index contributed by atoms with van der Waals surface area (Å²) in [6, 6.07) is 8.96. The van der Waals surface area contributed by atoms with Gasteiger partial charge in [-0.3, -0.25) is 14.8 Å². The normalized spacial score (nSPS) is 16.8. The molecule has 0 spiro atoms. The lowest BCUT2D eigenvalue weighted by Crippen LogP contribution is -2.45. The Morgan fingerprint density at radius 1 is 0.955 bits per heavy atom. The molecule has 1 aromatic carbocycles. The van der Waals surface area contributed by atoms with Gasteiger partial charge in [-0.05, 0) is 29.8 Å². The van der Waals surface area contributed by atoms with E-state index in [0.29, 0.717) is 17.1 Å². The fourth-order valence-corrected chi connectivity index (χ4v) is 2.98. The average Bonchev–Trinajstić information content (AvgIpc) is 2.54. The van der Waals surface area contributed by atoms with Crippen LogP contribution in [0.1, 0.15) is 11.1 Å². The van der Waals surface area contributed by atoms with E-state index < -0.39 is 0 Å². The Labute approximate surface area is 135 Å². The molecule has 22 heavy (non-hydrogen) atoms. The second kappa shape index (κ2) is 7.18. The third-order valence-corrected chi connectivity index (χ3v) is 4.42. The fraction of sp³-hybridized carbons (Fsp3) is 0.353. The highest BCUT2D eigenvalue weighted by atomic mass is 35.5. The minimum absolute atomic E-state index is 0.216. The van der Waals surface area contributed by atoms with E-state index in [1.165, 1.54) is 11.6 Å². The predicted molar refractivity (Wildman–Crippen MR) is 86.2 cm³/mol. The molecule has 1 fully saturated rings. The molecule has 1 aromatic heterocycles. The van der Waals surface area contributed by atoms with Crippen LogP contribution in [0.3, 0.4) is 0 Å². The van der Waals surface area contributed by atoms with E-state index >= 15 is 0 Å². The number of hydrogen-bond acceptors (Lipinski definition) is 3. The molecule has 2 heterocycles. The first-order valence-corrected chi connectivity index (χ1v) is 7.86. The van der Waals surface area contributed by atoms with Crippen LogP contribution < -0.4 is 0 Å². The summed E-state index contributed by atoms with van der Waals surface area (Å²) in [7, 11) is 0. The molecule has 3 nitrogen and oxygen atoms in total. The van der Waals surface area contributed by atoms with Gasteiger partial charge in [0.05, 0.1) is 0 Å². The van der Waals surface area contributed by atoms with Crippen molar-refractivity contribution < 1.29 is 4.39 Å². The van der Waals surface area contributed by atoms with Gasteiger partial charge < -0.3 is 0 Å². The first kappa shape index (κ1) is 15.4. The number of halogens is 2. The van der Waals surface area contributed by atoms with Gasteiger partial charge in [0.15, 0.2) is 0 Å². The van der Waals surface area contributed by atoms with Crippen molar-refractivity contribution >= 4 is 11.6 Å². The van der Waals surface area contributed by atoms with Crippen LogP contribution in [0.15, 0.2) is 42.7 Å². The Morgan fingerprint density at radius 2 is 1.59 bits per heavy atom. The van der Waals surface area contributed by atoms with Gasteiger partial charge in [0.2, 0.25) is 0 Å². The van der Waals surface area contributed by atoms with Gasteiger partial charge in [-0.15, -0.1) is 0 Å². The highest BCUT2D eigenvalue weighted by Crippen LogP contribution is 2.21. The van der Waals surface area contributed by atoms with Crippen molar-refractivity contribution in [2.45, 2.75) is 13.1 Å². The van der Waals surface area contributed by atoms with E-state index in [-0.39, 0.29) is 5.82 Å². The lowest BCUT2D eigenvalue weighted by atomic mass is 10.1. The van der Waals surface area contributed by atoms with Gasteiger partial charge in [-0.2, -0.15) is 0 Å². The van der Waals surface area contributed by atoms with Gasteiger partial charge in [0.25, 0.3) is 0 Å². The maximum absolute atomic E-state index is 13.8. The molecule has 1 aliphatic heterocycles. The lowest BCUT2D eigenvalue weighted by Gasteiger charge is -2.34. The van der Waals surface area contributed by atoms with Crippen molar-refractivity contribution in [3.05, 3.63) is 64.7 Å². The summed E-state index contributed by atoms with van der Waals surface area (Å²) < 4.78 is 13.8. The first-order valence-electron chi connectivity index (χ1n) is 7.49. The molecular weight excluding hydrogens is 301 g/mol. The van der Waals surface area contributed by atoms with Crippen LogP contribution in [0.2, 0.25) is 5.02 Å². The molecule has 5 heteroatoms. The number of aromatic nitrogens is 1. The average molecular weight is 320 g/mol. The number of rotatable bonds is 4. The van der Waals surface area contributed by atoms with Crippen LogP contribution in [0.4, 0.5) is 4.39 Å². The molecule has 1 saturated heterocycles. The van der Waals surface area contributed by atoms with E-state index in [4.69, 9.17) is 11.6 Å². The molecule has 0 aliphatic carbocycles. The molecule has 0 N–H and O–H groups in total. The zero-order valence-corrected chi connectivity index (χ0v) is 13.1. The molecule has 0 radical (unpaired) electrons. The van der Waals surface area contributed by atoms with Crippen molar-refractivity contribution in [1.82, 2.24) is 14.8 Å². The minimum atomic E-state index is -0.216. The van der Waals surface area contributed by atoms with E-state index in [0.717, 1.165) is 32.7 Å². The quantitative estimate of drug-likeness (QED) is 0.863. The Hall–Kier alpha value is -1.49. The zero-order chi connectivity index (χ0) is 15.4. The second-order valence-electron chi connectivity index (χ2n) is 5.61. The molecule has 0 atom stereocenters. The monoisotopic (exact) mass is 319 g/mol. The number of piperazine rings is 1. The highest BCUT2D eigenvalue weighted by molar-refractivity contribution is 6.31. The molecule has 0 bridgehead atoms. The molecule has 0 amide bonds. The van der Waals surface area contributed by atoms with Crippen molar-refractivity contribution in [2.75, 3.05) is 26.2 Å². The first-order chi connectivity index (χ1) is 10.7. The van der Waals surface area contributed by atoms with Gasteiger partial charge in [-0.25, -0.2) is 4.39 Å². The van der Waals surface area contributed by atoms with Crippen LogP contribution in [0.5, 0.6) is 0 Å². The number of pyridine rings is 1. The maximum Gasteiger partial charge on any atom is 0.129 e. The lowest BCUT2D eigenvalue weighted by molar-refractivity contribution is 0.121. The van der Waals surface area contributed by atoms with Crippen LogP contribution in [-0.2, 0) is 13.1 Å². The zero-order valence-electron chi connectivity index (χ0n) is 12.4. The Balaban J connectivity index is 1.54. The largest absolute Gasteiger partial charge is 0.297 e. The smallest absolute Gasteiger partial charge is 0.129 e. The third kappa shape index (κ3) is 3.83. The van der Waals surface area contributed by atoms with Crippen LogP contribution in [-0.4, -0.2) is 41.0 Å². The molecular formula is C17H19ClFN3. The Morgan fingerprint density at radius 3 is 2.23 bits per heavy atom. The number of nitrogens with zero attached hydrogens (tertiary/aromatic N) is 3.